The van der Waals surface area contributed by atoms with Gasteiger partial charge < -0.3 is 14.7 Å². The molecule has 1 saturated heterocycles. The molecule has 128 valence electrons. The summed E-state index contributed by atoms with van der Waals surface area (Å²) in [6.45, 7) is 8.53. The number of para-hydroxylation sites is 2. The van der Waals surface area contributed by atoms with Crippen LogP contribution in [0.3, 0.4) is 0 Å². The third-order valence-electron chi connectivity index (χ3n) is 4.65. The summed E-state index contributed by atoms with van der Waals surface area (Å²) < 4.78 is 5.44. The number of hydrogen-bond acceptors (Lipinski definition) is 4. The van der Waals surface area contributed by atoms with E-state index in [1.54, 1.807) is 21.0 Å². The lowest BCUT2D eigenvalue weighted by Crippen LogP contribution is -2.46. The minimum Gasteiger partial charge on any atom is -0.495 e. The van der Waals surface area contributed by atoms with Crippen LogP contribution in [0.15, 0.2) is 24.3 Å². The molecule has 5 nitrogen and oxygen atoms in total. The highest BCUT2D eigenvalue weighted by Gasteiger charge is 2.27. The number of hydrogen-bond donors (Lipinski definition) is 1. The predicted molar refractivity (Wildman–Crippen MR) is 92.3 cm³/mol. The Hall–Kier alpha value is -1.75. The molecule has 1 heterocycles. The SMILES string of the molecule is COc1ccccc1N1CCN(CCCC(C)(C)C(=O)O)CC1. The van der Waals surface area contributed by atoms with Crippen LogP contribution in [0, 0.1) is 5.41 Å². The van der Waals surface area contributed by atoms with Gasteiger partial charge in [-0.15, -0.1) is 0 Å². The monoisotopic (exact) mass is 320 g/mol. The minimum absolute atomic E-state index is 0.626. The third kappa shape index (κ3) is 4.61. The number of carboxylic acid groups (broad SMARTS) is 1. The molecule has 1 aromatic carbocycles. The number of nitrogens with zero attached hydrogens (tertiary/aromatic N) is 2. The molecular weight excluding hydrogens is 292 g/mol. The fourth-order valence-corrected chi connectivity index (χ4v) is 2.95. The van der Waals surface area contributed by atoms with Crippen molar-refractivity contribution in [2.45, 2.75) is 26.7 Å². The van der Waals surface area contributed by atoms with E-state index in [4.69, 9.17) is 9.84 Å². The van der Waals surface area contributed by atoms with Crippen LogP contribution in [0.4, 0.5) is 5.69 Å². The Labute approximate surface area is 138 Å². The first-order chi connectivity index (χ1) is 10.9. The number of benzene rings is 1. The number of rotatable bonds is 7. The summed E-state index contributed by atoms with van der Waals surface area (Å²) in [4.78, 5) is 15.9. The van der Waals surface area contributed by atoms with Gasteiger partial charge in [0.25, 0.3) is 0 Å². The third-order valence-corrected chi connectivity index (χ3v) is 4.65. The van der Waals surface area contributed by atoms with Gasteiger partial charge in [0, 0.05) is 26.2 Å². The van der Waals surface area contributed by atoms with Gasteiger partial charge in [-0.05, 0) is 45.4 Å². The summed E-state index contributed by atoms with van der Waals surface area (Å²) in [5.41, 5.74) is 0.529. The van der Waals surface area contributed by atoms with Crippen LogP contribution in [0.2, 0.25) is 0 Å². The van der Waals surface area contributed by atoms with Gasteiger partial charge in [0.15, 0.2) is 0 Å². The molecule has 1 aromatic rings. The molecule has 0 spiro atoms. The molecule has 1 aliphatic heterocycles. The normalized spacial score (nSPS) is 16.4. The molecule has 0 aliphatic carbocycles. The molecule has 1 fully saturated rings. The molecule has 0 amide bonds. The summed E-state index contributed by atoms with van der Waals surface area (Å²) in [6, 6.07) is 8.13. The molecule has 2 rings (SSSR count). The second-order valence-electron chi connectivity index (χ2n) is 6.79. The van der Waals surface area contributed by atoms with Gasteiger partial charge in [-0.1, -0.05) is 12.1 Å². The average Bonchev–Trinajstić information content (AvgIpc) is 2.55. The zero-order chi connectivity index (χ0) is 16.9. The van der Waals surface area contributed by atoms with E-state index in [-0.39, 0.29) is 0 Å². The van der Waals surface area contributed by atoms with E-state index in [2.05, 4.69) is 15.9 Å². The first-order valence-corrected chi connectivity index (χ1v) is 8.28. The number of anilines is 1. The molecule has 0 radical (unpaired) electrons. The maximum Gasteiger partial charge on any atom is 0.309 e. The van der Waals surface area contributed by atoms with Crippen LogP contribution in [-0.2, 0) is 4.79 Å². The van der Waals surface area contributed by atoms with Crippen molar-refractivity contribution in [1.29, 1.82) is 0 Å². The molecule has 0 atom stereocenters. The molecule has 0 aromatic heterocycles. The van der Waals surface area contributed by atoms with E-state index in [1.807, 2.05) is 18.2 Å². The summed E-state index contributed by atoms with van der Waals surface area (Å²) in [5.74, 6) is 0.211. The zero-order valence-corrected chi connectivity index (χ0v) is 14.4. The van der Waals surface area contributed by atoms with Crippen molar-refractivity contribution in [1.82, 2.24) is 4.90 Å². The zero-order valence-electron chi connectivity index (χ0n) is 14.4. The average molecular weight is 320 g/mol. The van der Waals surface area contributed by atoms with Crippen molar-refractivity contribution in [3.63, 3.8) is 0 Å². The smallest absolute Gasteiger partial charge is 0.309 e. The van der Waals surface area contributed by atoms with E-state index < -0.39 is 11.4 Å². The number of methoxy groups -OCH3 is 1. The first kappa shape index (κ1) is 17.6. The second-order valence-corrected chi connectivity index (χ2v) is 6.79. The number of carbonyl (C=O) groups is 1. The summed E-state index contributed by atoms with van der Waals surface area (Å²) in [7, 11) is 1.71. The van der Waals surface area contributed by atoms with E-state index in [0.29, 0.717) is 0 Å². The lowest BCUT2D eigenvalue weighted by atomic mass is 9.88. The van der Waals surface area contributed by atoms with Gasteiger partial charge >= 0.3 is 5.97 Å². The Balaban J connectivity index is 1.79. The molecule has 0 saturated carbocycles. The van der Waals surface area contributed by atoms with Crippen molar-refractivity contribution in [3.8, 4) is 5.75 Å². The Morgan fingerprint density at radius 1 is 1.22 bits per heavy atom. The van der Waals surface area contributed by atoms with Crippen LogP contribution in [0.25, 0.3) is 0 Å². The summed E-state index contributed by atoms with van der Waals surface area (Å²) in [6.07, 6.45) is 1.64. The Bertz CT molecular complexity index is 523. The highest BCUT2D eigenvalue weighted by atomic mass is 16.5. The molecule has 1 aliphatic rings. The van der Waals surface area contributed by atoms with E-state index in [0.717, 1.165) is 57.0 Å². The topological polar surface area (TPSA) is 53.0 Å². The molecule has 5 heteroatoms. The lowest BCUT2D eigenvalue weighted by Gasteiger charge is -2.37. The van der Waals surface area contributed by atoms with Crippen LogP contribution in [-0.4, -0.2) is 55.8 Å². The van der Waals surface area contributed by atoms with E-state index in [9.17, 15) is 4.79 Å². The fraction of sp³-hybridized carbons (Fsp3) is 0.611. The molecular formula is C18H28N2O3. The van der Waals surface area contributed by atoms with Crippen molar-refractivity contribution in [3.05, 3.63) is 24.3 Å². The number of piperazine rings is 1. The lowest BCUT2D eigenvalue weighted by molar-refractivity contribution is -0.147. The second kappa shape index (κ2) is 7.68. The van der Waals surface area contributed by atoms with E-state index in [1.165, 1.54) is 0 Å². The number of aliphatic carboxylic acids is 1. The largest absolute Gasteiger partial charge is 0.495 e. The highest BCUT2D eigenvalue weighted by molar-refractivity contribution is 5.73. The standard InChI is InChI=1S/C18H28N2O3/c1-18(2,17(21)22)9-6-10-19-11-13-20(14-12-19)15-7-4-5-8-16(15)23-3/h4-5,7-8H,6,9-14H2,1-3H3,(H,21,22). The highest BCUT2D eigenvalue weighted by Crippen LogP contribution is 2.28. The molecule has 0 bridgehead atoms. The van der Waals surface area contributed by atoms with Crippen LogP contribution in [0.5, 0.6) is 5.75 Å². The van der Waals surface area contributed by atoms with Gasteiger partial charge in [0.1, 0.15) is 5.75 Å². The van der Waals surface area contributed by atoms with Gasteiger partial charge in [-0.2, -0.15) is 0 Å². The first-order valence-electron chi connectivity index (χ1n) is 8.28. The van der Waals surface area contributed by atoms with Crippen molar-refractivity contribution in [2.75, 3.05) is 44.7 Å². The molecule has 23 heavy (non-hydrogen) atoms. The number of carboxylic acids is 1. The van der Waals surface area contributed by atoms with Crippen LogP contribution < -0.4 is 9.64 Å². The van der Waals surface area contributed by atoms with Gasteiger partial charge in [0.05, 0.1) is 18.2 Å². The predicted octanol–water partition coefficient (Wildman–Crippen LogP) is 2.71. The van der Waals surface area contributed by atoms with Gasteiger partial charge in [0.2, 0.25) is 0 Å². The maximum absolute atomic E-state index is 11.1. The summed E-state index contributed by atoms with van der Waals surface area (Å²) in [5, 5.41) is 9.16. The minimum atomic E-state index is -0.710. The molecule has 0 unspecified atom stereocenters. The van der Waals surface area contributed by atoms with E-state index >= 15 is 0 Å². The quantitative estimate of drug-likeness (QED) is 0.837. The van der Waals surface area contributed by atoms with Gasteiger partial charge in [-0.25, -0.2) is 0 Å². The van der Waals surface area contributed by atoms with Crippen LogP contribution in [0.1, 0.15) is 26.7 Å². The Kier molecular flexibility index (Phi) is 5.88. The van der Waals surface area contributed by atoms with Gasteiger partial charge in [-0.3, -0.25) is 9.69 Å². The van der Waals surface area contributed by atoms with Crippen molar-refractivity contribution < 1.29 is 14.6 Å². The molecule has 1 N–H and O–H groups in total. The van der Waals surface area contributed by atoms with Crippen molar-refractivity contribution >= 4 is 11.7 Å². The Morgan fingerprint density at radius 2 is 1.87 bits per heavy atom. The fourth-order valence-electron chi connectivity index (χ4n) is 2.95. The Morgan fingerprint density at radius 3 is 2.48 bits per heavy atom. The maximum atomic E-state index is 11.1. The number of ether oxygens (including phenoxy) is 1. The van der Waals surface area contributed by atoms with Crippen LogP contribution >= 0.6 is 0 Å². The summed E-state index contributed by atoms with van der Waals surface area (Å²) >= 11 is 0. The van der Waals surface area contributed by atoms with Crippen molar-refractivity contribution in [2.24, 2.45) is 5.41 Å².